The number of hydrogen-bond donors (Lipinski definition) is 2. The minimum absolute atomic E-state index is 0.228. The number of aromatic amines is 1. The first-order valence-corrected chi connectivity index (χ1v) is 4.93. The van der Waals surface area contributed by atoms with Crippen molar-refractivity contribution >= 4 is 11.2 Å². The number of phenols is 1. The van der Waals surface area contributed by atoms with Crippen molar-refractivity contribution in [3.05, 3.63) is 42.6 Å². The summed E-state index contributed by atoms with van der Waals surface area (Å²) in [6.45, 7) is 0. The average Bonchev–Trinajstić information content (AvgIpc) is 2.72. The molecule has 0 radical (unpaired) electrons. The van der Waals surface area contributed by atoms with E-state index in [1.165, 1.54) is 0 Å². The number of aromatic nitrogens is 3. The molecule has 3 aromatic rings. The predicted octanol–water partition coefficient (Wildman–Crippen LogP) is 2.33. The summed E-state index contributed by atoms with van der Waals surface area (Å²) >= 11 is 0. The third kappa shape index (κ3) is 1.40. The molecule has 1 aromatic carbocycles. The zero-order valence-electron chi connectivity index (χ0n) is 8.38. The Balaban J connectivity index is 2.19. The van der Waals surface area contributed by atoms with E-state index < -0.39 is 0 Å². The summed E-state index contributed by atoms with van der Waals surface area (Å²) < 4.78 is 0. The summed E-state index contributed by atoms with van der Waals surface area (Å²) in [5, 5.41) is 9.39. The van der Waals surface area contributed by atoms with Gasteiger partial charge in [-0.25, -0.2) is 9.97 Å². The van der Waals surface area contributed by atoms with Gasteiger partial charge in [0.2, 0.25) is 0 Å². The van der Waals surface area contributed by atoms with Gasteiger partial charge in [-0.15, -0.1) is 0 Å². The average molecular weight is 211 g/mol. The van der Waals surface area contributed by atoms with Crippen LogP contribution in [0.5, 0.6) is 5.75 Å². The number of imidazole rings is 1. The highest BCUT2D eigenvalue weighted by Crippen LogP contribution is 2.22. The number of phenolic OH excluding ortho intramolecular Hbond substituents is 1. The monoisotopic (exact) mass is 211 g/mol. The summed E-state index contributed by atoms with van der Waals surface area (Å²) in [6.07, 6.45) is 1.70. The third-order valence-electron chi connectivity index (χ3n) is 2.38. The van der Waals surface area contributed by atoms with Gasteiger partial charge in [0.05, 0.1) is 5.52 Å². The van der Waals surface area contributed by atoms with Gasteiger partial charge in [-0.05, 0) is 24.3 Å². The van der Waals surface area contributed by atoms with E-state index in [4.69, 9.17) is 0 Å². The Morgan fingerprint density at radius 2 is 2.06 bits per heavy atom. The standard InChI is InChI=1S/C12H9N3O/c16-9-4-1-3-8(7-9)11-14-10-5-2-6-13-12(10)15-11/h1-7,16H,(H,13,14,15). The molecule has 2 aromatic heterocycles. The molecule has 0 unspecified atom stereocenters. The Kier molecular flexibility index (Phi) is 1.86. The van der Waals surface area contributed by atoms with Gasteiger partial charge in [0.1, 0.15) is 11.6 Å². The van der Waals surface area contributed by atoms with E-state index >= 15 is 0 Å². The Hall–Kier alpha value is -2.36. The predicted molar refractivity (Wildman–Crippen MR) is 61.0 cm³/mol. The molecule has 0 spiro atoms. The van der Waals surface area contributed by atoms with Crippen LogP contribution >= 0.6 is 0 Å². The third-order valence-corrected chi connectivity index (χ3v) is 2.38. The minimum Gasteiger partial charge on any atom is -0.508 e. The van der Waals surface area contributed by atoms with E-state index in [-0.39, 0.29) is 5.75 Å². The molecule has 0 aliphatic heterocycles. The van der Waals surface area contributed by atoms with Gasteiger partial charge in [0.25, 0.3) is 0 Å². The number of pyridine rings is 1. The van der Waals surface area contributed by atoms with Crippen molar-refractivity contribution in [1.29, 1.82) is 0 Å². The molecule has 0 aliphatic carbocycles. The SMILES string of the molecule is Oc1cccc(-c2nc3ncccc3[nH]2)c1. The van der Waals surface area contributed by atoms with E-state index in [1.54, 1.807) is 24.4 Å². The van der Waals surface area contributed by atoms with Crippen LogP contribution in [0, 0.1) is 0 Å². The van der Waals surface area contributed by atoms with Crippen molar-refractivity contribution < 1.29 is 5.11 Å². The molecule has 78 valence electrons. The number of hydrogen-bond acceptors (Lipinski definition) is 3. The largest absolute Gasteiger partial charge is 0.508 e. The van der Waals surface area contributed by atoms with Gasteiger partial charge in [0.15, 0.2) is 5.65 Å². The van der Waals surface area contributed by atoms with Crippen LogP contribution in [-0.4, -0.2) is 20.1 Å². The number of nitrogens with zero attached hydrogens (tertiary/aromatic N) is 2. The molecule has 16 heavy (non-hydrogen) atoms. The number of nitrogens with one attached hydrogen (secondary N) is 1. The number of aromatic hydroxyl groups is 1. The first-order chi connectivity index (χ1) is 7.83. The smallest absolute Gasteiger partial charge is 0.178 e. The van der Waals surface area contributed by atoms with Crippen molar-refractivity contribution in [3.8, 4) is 17.1 Å². The molecule has 0 atom stereocenters. The summed E-state index contributed by atoms with van der Waals surface area (Å²) in [6, 6.07) is 10.7. The van der Waals surface area contributed by atoms with Gasteiger partial charge in [-0.3, -0.25) is 0 Å². The van der Waals surface area contributed by atoms with Crippen molar-refractivity contribution in [1.82, 2.24) is 15.0 Å². The lowest BCUT2D eigenvalue weighted by Gasteiger charge is -1.96. The summed E-state index contributed by atoms with van der Waals surface area (Å²) in [5.74, 6) is 0.940. The second kappa shape index (κ2) is 3.34. The quantitative estimate of drug-likeness (QED) is 0.649. The van der Waals surface area contributed by atoms with Crippen LogP contribution in [0.25, 0.3) is 22.6 Å². The van der Waals surface area contributed by atoms with E-state index in [1.807, 2.05) is 18.2 Å². The lowest BCUT2D eigenvalue weighted by molar-refractivity contribution is 0.475. The topological polar surface area (TPSA) is 61.8 Å². The maximum atomic E-state index is 9.39. The lowest BCUT2D eigenvalue weighted by atomic mass is 10.2. The normalized spacial score (nSPS) is 10.8. The zero-order valence-corrected chi connectivity index (χ0v) is 8.38. The van der Waals surface area contributed by atoms with Crippen molar-refractivity contribution in [3.63, 3.8) is 0 Å². The second-order valence-corrected chi connectivity index (χ2v) is 3.51. The van der Waals surface area contributed by atoms with Gasteiger partial charge >= 0.3 is 0 Å². The molecule has 0 bridgehead atoms. The molecule has 0 aliphatic rings. The van der Waals surface area contributed by atoms with Gasteiger partial charge in [-0.1, -0.05) is 12.1 Å². The fourth-order valence-electron chi connectivity index (χ4n) is 1.63. The first kappa shape index (κ1) is 8.91. The molecule has 0 amide bonds. The molecule has 2 heterocycles. The zero-order chi connectivity index (χ0) is 11.0. The van der Waals surface area contributed by atoms with E-state index in [0.717, 1.165) is 11.1 Å². The molecular formula is C12H9N3O. The molecule has 4 nitrogen and oxygen atoms in total. The molecule has 2 N–H and O–H groups in total. The van der Waals surface area contributed by atoms with Gasteiger partial charge in [0, 0.05) is 11.8 Å². The summed E-state index contributed by atoms with van der Waals surface area (Å²) in [7, 11) is 0. The fourth-order valence-corrected chi connectivity index (χ4v) is 1.63. The highest BCUT2D eigenvalue weighted by molar-refractivity contribution is 5.75. The Bertz CT molecular complexity index is 612. The van der Waals surface area contributed by atoms with Crippen LogP contribution in [0.1, 0.15) is 0 Å². The first-order valence-electron chi connectivity index (χ1n) is 4.93. The molecular weight excluding hydrogens is 202 g/mol. The maximum absolute atomic E-state index is 9.39. The van der Waals surface area contributed by atoms with Crippen LogP contribution in [0.15, 0.2) is 42.6 Å². The maximum Gasteiger partial charge on any atom is 0.178 e. The fraction of sp³-hybridized carbons (Fsp3) is 0. The summed E-state index contributed by atoms with van der Waals surface area (Å²) in [4.78, 5) is 11.6. The minimum atomic E-state index is 0.228. The number of H-pyrrole nitrogens is 1. The van der Waals surface area contributed by atoms with Crippen LogP contribution in [0.3, 0.4) is 0 Å². The number of fused-ring (bicyclic) bond motifs is 1. The van der Waals surface area contributed by atoms with Crippen molar-refractivity contribution in [2.24, 2.45) is 0 Å². The van der Waals surface area contributed by atoms with Crippen LogP contribution < -0.4 is 0 Å². The van der Waals surface area contributed by atoms with Gasteiger partial charge in [-0.2, -0.15) is 0 Å². The molecule has 3 rings (SSSR count). The summed E-state index contributed by atoms with van der Waals surface area (Å²) in [5.41, 5.74) is 2.42. The number of rotatable bonds is 1. The van der Waals surface area contributed by atoms with E-state index in [0.29, 0.717) is 11.5 Å². The van der Waals surface area contributed by atoms with Crippen molar-refractivity contribution in [2.75, 3.05) is 0 Å². The Morgan fingerprint density at radius 3 is 2.88 bits per heavy atom. The Labute approximate surface area is 91.6 Å². The highest BCUT2D eigenvalue weighted by atomic mass is 16.3. The van der Waals surface area contributed by atoms with Crippen molar-refractivity contribution in [2.45, 2.75) is 0 Å². The molecule has 0 fully saturated rings. The van der Waals surface area contributed by atoms with Gasteiger partial charge < -0.3 is 10.1 Å². The highest BCUT2D eigenvalue weighted by Gasteiger charge is 2.05. The number of benzene rings is 1. The van der Waals surface area contributed by atoms with E-state index in [9.17, 15) is 5.11 Å². The Morgan fingerprint density at radius 1 is 1.12 bits per heavy atom. The van der Waals surface area contributed by atoms with Crippen LogP contribution in [-0.2, 0) is 0 Å². The lowest BCUT2D eigenvalue weighted by Crippen LogP contribution is -1.79. The van der Waals surface area contributed by atoms with E-state index in [2.05, 4.69) is 15.0 Å². The molecule has 4 heteroatoms. The van der Waals surface area contributed by atoms with Crippen LogP contribution in [0.4, 0.5) is 0 Å². The second-order valence-electron chi connectivity index (χ2n) is 3.51. The van der Waals surface area contributed by atoms with Crippen LogP contribution in [0.2, 0.25) is 0 Å². The molecule has 0 saturated carbocycles. The molecule has 0 saturated heterocycles.